The van der Waals surface area contributed by atoms with E-state index in [0.717, 1.165) is 19.3 Å². The summed E-state index contributed by atoms with van der Waals surface area (Å²) in [7, 11) is 0. The molecule has 0 aliphatic rings. The van der Waals surface area contributed by atoms with Crippen LogP contribution in [0.15, 0.2) is 47.6 Å². The van der Waals surface area contributed by atoms with Crippen molar-refractivity contribution in [3.8, 4) is 0 Å². The fraction of sp³-hybridized carbons (Fsp3) is 0.500. The molecule has 6 nitrogen and oxygen atoms in total. The molecule has 0 aliphatic carbocycles. The highest BCUT2D eigenvalue weighted by atomic mass is 16.5. The topological polar surface area (TPSA) is 95.3 Å². The number of carbonyl (C=O) groups is 1. The van der Waals surface area contributed by atoms with E-state index >= 15 is 0 Å². The summed E-state index contributed by atoms with van der Waals surface area (Å²) in [4.78, 5) is 14.9. The van der Waals surface area contributed by atoms with E-state index in [9.17, 15) is 9.90 Å². The average molecular weight is 331 g/mol. The summed E-state index contributed by atoms with van der Waals surface area (Å²) in [6.45, 7) is 1.76. The van der Waals surface area contributed by atoms with E-state index in [1.807, 2.05) is 6.08 Å². The Labute approximate surface area is 142 Å². The van der Waals surface area contributed by atoms with Crippen molar-refractivity contribution < 1.29 is 14.6 Å². The summed E-state index contributed by atoms with van der Waals surface area (Å²) < 4.78 is 5.42. The first-order valence-electron chi connectivity index (χ1n) is 8.30. The van der Waals surface area contributed by atoms with Gasteiger partial charge < -0.3 is 9.84 Å². The van der Waals surface area contributed by atoms with Gasteiger partial charge in [0.25, 0.3) is 0 Å². The van der Waals surface area contributed by atoms with Crippen molar-refractivity contribution in [1.82, 2.24) is 0 Å². The van der Waals surface area contributed by atoms with Gasteiger partial charge in [0.1, 0.15) is 12.1 Å². The van der Waals surface area contributed by atoms with Gasteiger partial charge >= 0.3 is 5.97 Å². The summed E-state index contributed by atoms with van der Waals surface area (Å²) in [5.41, 5.74) is 9.03. The van der Waals surface area contributed by atoms with E-state index in [-0.39, 0.29) is 0 Å². The molecule has 0 bridgehead atoms. The minimum absolute atomic E-state index is 0.392. The summed E-state index contributed by atoms with van der Waals surface area (Å²) in [6.07, 6.45) is 8.24. The molecule has 0 saturated carbocycles. The number of unbranched alkanes of at least 4 members (excludes halogenated alkanes) is 4. The Bertz CT molecular complexity index is 554. The summed E-state index contributed by atoms with van der Waals surface area (Å²) in [5, 5.41) is 12.9. The van der Waals surface area contributed by atoms with Gasteiger partial charge in [-0.15, -0.1) is 0 Å². The lowest BCUT2D eigenvalue weighted by atomic mass is 10.1. The molecule has 0 radical (unpaired) electrons. The summed E-state index contributed by atoms with van der Waals surface area (Å²) in [5.74, 6) is -0.511. The molecule has 1 rings (SSSR count). The number of esters is 1. The number of aliphatic hydroxyl groups excluding tert-OH is 1. The second-order valence-corrected chi connectivity index (χ2v) is 5.47. The van der Waals surface area contributed by atoms with Gasteiger partial charge in [-0.2, -0.15) is 0 Å². The highest BCUT2D eigenvalue weighted by Gasteiger charge is 2.22. The van der Waals surface area contributed by atoms with Crippen molar-refractivity contribution in [2.75, 3.05) is 6.61 Å². The Morgan fingerprint density at radius 2 is 2.08 bits per heavy atom. The van der Waals surface area contributed by atoms with Gasteiger partial charge in [-0.1, -0.05) is 55.6 Å². The number of carbonyl (C=O) groups excluding carboxylic acids is 1. The van der Waals surface area contributed by atoms with Crippen LogP contribution in [0.4, 0.5) is 0 Å². The minimum Gasteiger partial charge on any atom is -0.454 e. The fourth-order valence-electron chi connectivity index (χ4n) is 2.20. The van der Waals surface area contributed by atoms with Gasteiger partial charge in [-0.05, 0) is 36.6 Å². The molecule has 0 spiro atoms. The van der Waals surface area contributed by atoms with Crippen LogP contribution in [-0.4, -0.2) is 29.8 Å². The zero-order valence-corrected chi connectivity index (χ0v) is 14.0. The predicted molar refractivity (Wildman–Crippen MR) is 93.6 cm³/mol. The molecule has 0 fully saturated rings. The quantitative estimate of drug-likeness (QED) is 0.162. The van der Waals surface area contributed by atoms with Crippen molar-refractivity contribution in [3.05, 3.63) is 58.5 Å². The second kappa shape index (κ2) is 12.2. The average Bonchev–Trinajstić information content (AvgIpc) is 2.62. The van der Waals surface area contributed by atoms with Crippen molar-refractivity contribution >= 4 is 5.97 Å². The third-order valence-electron chi connectivity index (χ3n) is 3.57. The maximum absolute atomic E-state index is 12.2. The Hall–Kier alpha value is -2.30. The van der Waals surface area contributed by atoms with Crippen LogP contribution >= 0.6 is 0 Å². The number of nitrogens with zero attached hydrogens (tertiary/aromatic N) is 3. The zero-order chi connectivity index (χ0) is 17.6. The Morgan fingerprint density at radius 1 is 1.33 bits per heavy atom. The monoisotopic (exact) mass is 331 g/mol. The highest BCUT2D eigenvalue weighted by molar-refractivity contribution is 5.89. The largest absolute Gasteiger partial charge is 0.454 e. The number of rotatable bonds is 11. The van der Waals surface area contributed by atoms with Crippen LogP contribution in [0.5, 0.6) is 0 Å². The fourth-order valence-corrected chi connectivity index (χ4v) is 2.20. The third-order valence-corrected chi connectivity index (χ3v) is 3.57. The SMILES string of the molecule is CCCCCC/C=C/[C@@H](OC(=O)c1ccccc1)[C@H](CO)N=[N+]=[N-]. The number of hydrogen-bond donors (Lipinski definition) is 1. The van der Waals surface area contributed by atoms with Gasteiger partial charge in [0.2, 0.25) is 0 Å². The lowest BCUT2D eigenvalue weighted by molar-refractivity contribution is 0.0304. The van der Waals surface area contributed by atoms with E-state index in [0.29, 0.717) is 5.56 Å². The number of aliphatic hydroxyl groups is 1. The Morgan fingerprint density at radius 3 is 2.71 bits per heavy atom. The first-order valence-corrected chi connectivity index (χ1v) is 8.30. The minimum atomic E-state index is -0.838. The van der Waals surface area contributed by atoms with Crippen LogP contribution in [0.1, 0.15) is 49.4 Å². The maximum Gasteiger partial charge on any atom is 0.338 e. The molecule has 1 aromatic rings. The van der Waals surface area contributed by atoms with Gasteiger partial charge in [0.05, 0.1) is 12.2 Å². The molecule has 1 N–H and O–H groups in total. The number of hydrogen-bond acceptors (Lipinski definition) is 4. The van der Waals surface area contributed by atoms with Crippen LogP contribution < -0.4 is 0 Å². The normalized spacial score (nSPS) is 13.2. The molecule has 0 aliphatic heterocycles. The molecular formula is C18H25N3O3. The number of azide groups is 1. The third kappa shape index (κ3) is 7.31. The lowest BCUT2D eigenvalue weighted by Crippen LogP contribution is -2.31. The second-order valence-electron chi connectivity index (χ2n) is 5.47. The van der Waals surface area contributed by atoms with E-state index < -0.39 is 24.7 Å². The molecule has 130 valence electrons. The van der Waals surface area contributed by atoms with E-state index in [1.165, 1.54) is 12.8 Å². The van der Waals surface area contributed by atoms with Crippen molar-refractivity contribution in [2.45, 2.75) is 51.2 Å². The van der Waals surface area contributed by atoms with E-state index in [4.69, 9.17) is 10.3 Å². The molecule has 0 unspecified atom stereocenters. The standard InChI is InChI=1S/C18H25N3O3/c1-2-3-4-5-6-10-13-17(16(14-22)20-21-19)24-18(23)15-11-8-7-9-12-15/h7-13,16-17,22H,2-6,14H2,1H3/b13-10+/t16-,17+/m0/s1. The number of benzene rings is 1. The van der Waals surface area contributed by atoms with E-state index in [2.05, 4.69) is 16.9 Å². The lowest BCUT2D eigenvalue weighted by Gasteiger charge is -2.19. The van der Waals surface area contributed by atoms with Crippen molar-refractivity contribution in [2.24, 2.45) is 5.11 Å². The first kappa shape index (κ1) is 19.7. The first-order chi connectivity index (χ1) is 11.7. The van der Waals surface area contributed by atoms with Crippen LogP contribution in [0.25, 0.3) is 10.4 Å². The summed E-state index contributed by atoms with van der Waals surface area (Å²) in [6, 6.07) is 7.75. The smallest absolute Gasteiger partial charge is 0.338 e. The Balaban J connectivity index is 2.72. The Kier molecular flexibility index (Phi) is 10.0. The molecule has 0 amide bonds. The number of allylic oxidation sites excluding steroid dienone is 1. The van der Waals surface area contributed by atoms with E-state index in [1.54, 1.807) is 36.4 Å². The van der Waals surface area contributed by atoms with Gasteiger partial charge in [-0.25, -0.2) is 4.79 Å². The van der Waals surface area contributed by atoms with Crippen LogP contribution in [0, 0.1) is 0 Å². The predicted octanol–water partition coefficient (Wildman–Crippen LogP) is 4.41. The number of ether oxygens (including phenoxy) is 1. The van der Waals surface area contributed by atoms with Crippen LogP contribution in [0.2, 0.25) is 0 Å². The molecule has 2 atom stereocenters. The highest BCUT2D eigenvalue weighted by Crippen LogP contribution is 2.12. The van der Waals surface area contributed by atoms with Crippen molar-refractivity contribution in [1.29, 1.82) is 0 Å². The molecule has 24 heavy (non-hydrogen) atoms. The van der Waals surface area contributed by atoms with Crippen LogP contribution in [0.3, 0.4) is 0 Å². The summed E-state index contributed by atoms with van der Waals surface area (Å²) >= 11 is 0. The van der Waals surface area contributed by atoms with Gasteiger partial charge in [-0.3, -0.25) is 0 Å². The molecule has 1 aromatic carbocycles. The van der Waals surface area contributed by atoms with Crippen molar-refractivity contribution in [3.63, 3.8) is 0 Å². The maximum atomic E-state index is 12.2. The van der Waals surface area contributed by atoms with Crippen LogP contribution in [-0.2, 0) is 4.74 Å². The molecule has 0 saturated heterocycles. The van der Waals surface area contributed by atoms with Gasteiger partial charge in [0, 0.05) is 4.91 Å². The molecule has 0 aromatic heterocycles. The molecule has 6 heteroatoms. The molecule has 0 heterocycles. The van der Waals surface area contributed by atoms with Gasteiger partial charge in [0.15, 0.2) is 0 Å². The zero-order valence-electron chi connectivity index (χ0n) is 14.0. The molecular weight excluding hydrogens is 306 g/mol.